The lowest BCUT2D eigenvalue weighted by atomic mass is 9.75. The third-order valence-corrected chi connectivity index (χ3v) is 3.13. The standard InChI is InChI=1S/C12H18F2/c1-5-11(3)7-6-9(2)10(8-11)12(4,13)14/h6-7H,5,8H2,1-4H3. The lowest BCUT2D eigenvalue weighted by Gasteiger charge is -2.32. The molecule has 80 valence electrons. The maximum absolute atomic E-state index is 13.2. The van der Waals surface area contributed by atoms with Gasteiger partial charge < -0.3 is 0 Å². The van der Waals surface area contributed by atoms with Crippen molar-refractivity contribution >= 4 is 0 Å². The molecule has 0 radical (unpaired) electrons. The van der Waals surface area contributed by atoms with Crippen LogP contribution in [0, 0.1) is 5.41 Å². The van der Waals surface area contributed by atoms with Crippen LogP contribution in [0.25, 0.3) is 0 Å². The fraction of sp³-hybridized carbons (Fsp3) is 0.667. The van der Waals surface area contributed by atoms with Gasteiger partial charge in [0.05, 0.1) is 0 Å². The molecule has 0 bridgehead atoms. The Balaban J connectivity index is 3.01. The van der Waals surface area contributed by atoms with Crippen LogP contribution in [-0.4, -0.2) is 5.92 Å². The van der Waals surface area contributed by atoms with Crippen molar-refractivity contribution < 1.29 is 8.78 Å². The quantitative estimate of drug-likeness (QED) is 0.622. The number of hydrogen-bond donors (Lipinski definition) is 0. The Kier molecular flexibility index (Phi) is 2.84. The van der Waals surface area contributed by atoms with Crippen LogP contribution >= 0.6 is 0 Å². The fourth-order valence-corrected chi connectivity index (χ4v) is 1.77. The number of hydrogen-bond acceptors (Lipinski definition) is 0. The average Bonchev–Trinajstić information content (AvgIpc) is 2.08. The molecule has 1 aliphatic carbocycles. The molecule has 1 rings (SSSR count). The molecule has 0 aromatic heterocycles. The van der Waals surface area contributed by atoms with Crippen molar-refractivity contribution in [1.82, 2.24) is 0 Å². The zero-order valence-electron chi connectivity index (χ0n) is 9.32. The van der Waals surface area contributed by atoms with Crippen molar-refractivity contribution in [2.75, 3.05) is 0 Å². The first kappa shape index (κ1) is 11.4. The highest BCUT2D eigenvalue weighted by atomic mass is 19.3. The fourth-order valence-electron chi connectivity index (χ4n) is 1.77. The predicted octanol–water partition coefficient (Wildman–Crippen LogP) is 4.33. The van der Waals surface area contributed by atoms with Crippen molar-refractivity contribution in [1.29, 1.82) is 0 Å². The van der Waals surface area contributed by atoms with E-state index < -0.39 is 5.92 Å². The van der Waals surface area contributed by atoms with E-state index in [0.29, 0.717) is 12.0 Å². The van der Waals surface area contributed by atoms with E-state index >= 15 is 0 Å². The second kappa shape index (κ2) is 3.48. The van der Waals surface area contributed by atoms with Gasteiger partial charge in [0.2, 0.25) is 0 Å². The Hall–Kier alpha value is -0.660. The first-order chi connectivity index (χ1) is 6.28. The molecule has 1 unspecified atom stereocenters. The van der Waals surface area contributed by atoms with Crippen LogP contribution in [-0.2, 0) is 0 Å². The van der Waals surface area contributed by atoms with E-state index in [1.54, 1.807) is 6.92 Å². The van der Waals surface area contributed by atoms with Crippen LogP contribution in [0.2, 0.25) is 0 Å². The first-order valence-corrected chi connectivity index (χ1v) is 5.06. The molecular weight excluding hydrogens is 182 g/mol. The van der Waals surface area contributed by atoms with Crippen molar-refractivity contribution in [3.05, 3.63) is 23.3 Å². The van der Waals surface area contributed by atoms with E-state index in [9.17, 15) is 8.78 Å². The SMILES string of the molecule is CCC1(C)C=CC(C)=C(C(C)(F)F)C1. The highest BCUT2D eigenvalue weighted by Gasteiger charge is 2.35. The van der Waals surface area contributed by atoms with E-state index in [2.05, 4.69) is 6.08 Å². The number of allylic oxidation sites excluding steroid dienone is 4. The average molecular weight is 200 g/mol. The predicted molar refractivity (Wildman–Crippen MR) is 55.5 cm³/mol. The Morgan fingerprint density at radius 2 is 2.07 bits per heavy atom. The number of alkyl halides is 2. The molecule has 0 aromatic rings. The van der Waals surface area contributed by atoms with Crippen LogP contribution in [0.4, 0.5) is 8.78 Å². The first-order valence-electron chi connectivity index (χ1n) is 5.06. The molecule has 0 fully saturated rings. The minimum atomic E-state index is -2.68. The zero-order chi connectivity index (χ0) is 11.0. The molecule has 0 saturated carbocycles. The molecule has 2 heteroatoms. The molecule has 0 nitrogen and oxygen atoms in total. The molecule has 0 aromatic carbocycles. The third kappa shape index (κ3) is 2.23. The molecule has 1 aliphatic rings. The second-order valence-corrected chi connectivity index (χ2v) is 4.57. The summed E-state index contributed by atoms with van der Waals surface area (Å²) in [5, 5.41) is 0. The Bertz CT molecular complexity index is 281. The molecule has 0 N–H and O–H groups in total. The third-order valence-electron chi connectivity index (χ3n) is 3.13. The van der Waals surface area contributed by atoms with E-state index in [1.165, 1.54) is 0 Å². The second-order valence-electron chi connectivity index (χ2n) is 4.57. The van der Waals surface area contributed by atoms with Crippen molar-refractivity contribution in [3.8, 4) is 0 Å². The summed E-state index contributed by atoms with van der Waals surface area (Å²) in [6.07, 6.45) is 5.27. The van der Waals surface area contributed by atoms with Gasteiger partial charge in [0, 0.05) is 12.5 Å². The van der Waals surface area contributed by atoms with Gasteiger partial charge in [0.15, 0.2) is 0 Å². The summed E-state index contributed by atoms with van der Waals surface area (Å²) in [6.45, 7) is 6.82. The lowest BCUT2D eigenvalue weighted by molar-refractivity contribution is 0.0528. The number of rotatable bonds is 2. The smallest absolute Gasteiger partial charge is 0.202 e. The van der Waals surface area contributed by atoms with Gasteiger partial charge in [-0.15, -0.1) is 0 Å². The summed E-state index contributed by atoms with van der Waals surface area (Å²) in [6, 6.07) is 0. The van der Waals surface area contributed by atoms with Gasteiger partial charge in [-0.2, -0.15) is 0 Å². The summed E-state index contributed by atoms with van der Waals surface area (Å²) in [5.74, 6) is -2.68. The van der Waals surface area contributed by atoms with E-state index in [-0.39, 0.29) is 5.41 Å². The van der Waals surface area contributed by atoms with E-state index in [1.807, 2.05) is 19.9 Å². The lowest BCUT2D eigenvalue weighted by Crippen LogP contribution is -2.25. The highest BCUT2D eigenvalue weighted by molar-refractivity contribution is 5.34. The largest absolute Gasteiger partial charge is 0.267 e. The minimum Gasteiger partial charge on any atom is -0.202 e. The summed E-state index contributed by atoms with van der Waals surface area (Å²) in [5.41, 5.74) is 0.932. The summed E-state index contributed by atoms with van der Waals surface area (Å²) in [7, 11) is 0. The van der Waals surface area contributed by atoms with Gasteiger partial charge in [-0.05, 0) is 30.8 Å². The van der Waals surface area contributed by atoms with Crippen molar-refractivity contribution in [2.45, 2.75) is 46.5 Å². The van der Waals surface area contributed by atoms with Gasteiger partial charge in [-0.25, -0.2) is 8.78 Å². The Morgan fingerprint density at radius 3 is 2.50 bits per heavy atom. The van der Waals surface area contributed by atoms with Crippen LogP contribution in [0.5, 0.6) is 0 Å². The van der Waals surface area contributed by atoms with Crippen LogP contribution in [0.15, 0.2) is 23.3 Å². The molecule has 0 amide bonds. The van der Waals surface area contributed by atoms with Crippen LogP contribution in [0.1, 0.15) is 40.5 Å². The maximum Gasteiger partial charge on any atom is 0.267 e. The van der Waals surface area contributed by atoms with Gasteiger partial charge in [-0.1, -0.05) is 26.0 Å². The van der Waals surface area contributed by atoms with Gasteiger partial charge >= 0.3 is 0 Å². The van der Waals surface area contributed by atoms with Crippen molar-refractivity contribution in [2.24, 2.45) is 5.41 Å². The molecule has 0 spiro atoms. The van der Waals surface area contributed by atoms with E-state index in [4.69, 9.17) is 0 Å². The molecule has 0 heterocycles. The molecular formula is C12H18F2. The topological polar surface area (TPSA) is 0 Å². The van der Waals surface area contributed by atoms with Gasteiger partial charge in [-0.3, -0.25) is 0 Å². The summed E-state index contributed by atoms with van der Waals surface area (Å²) >= 11 is 0. The van der Waals surface area contributed by atoms with Crippen molar-refractivity contribution in [3.63, 3.8) is 0 Å². The zero-order valence-corrected chi connectivity index (χ0v) is 9.32. The Labute approximate surface area is 84.7 Å². The molecule has 14 heavy (non-hydrogen) atoms. The normalized spacial score (nSPS) is 28.4. The minimum absolute atomic E-state index is 0.0890. The summed E-state index contributed by atoms with van der Waals surface area (Å²) in [4.78, 5) is 0. The summed E-state index contributed by atoms with van der Waals surface area (Å²) < 4.78 is 26.5. The Morgan fingerprint density at radius 1 is 1.50 bits per heavy atom. The van der Waals surface area contributed by atoms with Crippen LogP contribution < -0.4 is 0 Å². The highest BCUT2D eigenvalue weighted by Crippen LogP contribution is 2.42. The monoisotopic (exact) mass is 200 g/mol. The van der Waals surface area contributed by atoms with Crippen LogP contribution in [0.3, 0.4) is 0 Å². The molecule has 1 atom stereocenters. The van der Waals surface area contributed by atoms with Gasteiger partial charge in [0.25, 0.3) is 5.92 Å². The maximum atomic E-state index is 13.2. The molecule has 0 saturated heterocycles. The number of halogens is 2. The van der Waals surface area contributed by atoms with E-state index in [0.717, 1.165) is 18.9 Å². The molecule has 0 aliphatic heterocycles. The van der Waals surface area contributed by atoms with Gasteiger partial charge in [0.1, 0.15) is 0 Å².